The zero-order chi connectivity index (χ0) is 24.1. The molecule has 1 aromatic carbocycles. The summed E-state index contributed by atoms with van der Waals surface area (Å²) in [6.45, 7) is 2.93. The molecule has 0 amide bonds. The summed E-state index contributed by atoms with van der Waals surface area (Å²) >= 11 is 0. The lowest BCUT2D eigenvalue weighted by Crippen LogP contribution is -2.14. The highest BCUT2D eigenvalue weighted by atomic mass is 19.1. The maximum Gasteiger partial charge on any atom is 0.211 e. The van der Waals surface area contributed by atoms with E-state index in [0.29, 0.717) is 30.9 Å². The first-order valence-corrected chi connectivity index (χ1v) is 11.5. The SMILES string of the molecule is CC(=O)C[C@H](Cc1cc(OCCc2ccc3c(n2)NCCC3)n(C)n1)c1ccc(C#N)c(F)c1. The number of aryl methyl sites for hydroxylation is 2. The number of nitrogens with zero attached hydrogens (tertiary/aromatic N) is 4. The van der Waals surface area contributed by atoms with Gasteiger partial charge in [0.15, 0.2) is 0 Å². The van der Waals surface area contributed by atoms with Crippen LogP contribution in [0.3, 0.4) is 0 Å². The van der Waals surface area contributed by atoms with Crippen LogP contribution in [0.5, 0.6) is 5.88 Å². The molecule has 0 fully saturated rings. The Balaban J connectivity index is 1.41. The first-order chi connectivity index (χ1) is 16.4. The number of Topliss-reactive ketones (excluding diaryl/α,β-unsaturated/α-hetero) is 1. The number of rotatable bonds is 9. The number of ketones is 1. The molecular formula is C26H28FN5O2. The van der Waals surface area contributed by atoms with Gasteiger partial charge in [-0.2, -0.15) is 10.4 Å². The van der Waals surface area contributed by atoms with Crippen molar-refractivity contribution >= 4 is 11.6 Å². The number of aromatic nitrogens is 3. The minimum absolute atomic E-state index is 0.00853. The molecule has 1 aliphatic heterocycles. The number of pyridine rings is 1. The molecular weight excluding hydrogens is 433 g/mol. The fourth-order valence-corrected chi connectivity index (χ4v) is 4.29. The number of hydrogen-bond acceptors (Lipinski definition) is 6. The molecule has 4 rings (SSSR count). The van der Waals surface area contributed by atoms with Gasteiger partial charge < -0.3 is 14.8 Å². The molecule has 0 aliphatic carbocycles. The van der Waals surface area contributed by atoms with Gasteiger partial charge in [0, 0.05) is 38.2 Å². The monoisotopic (exact) mass is 461 g/mol. The maximum absolute atomic E-state index is 14.2. The van der Waals surface area contributed by atoms with Crippen LogP contribution in [0.25, 0.3) is 0 Å². The third-order valence-corrected chi connectivity index (χ3v) is 6.02. The molecule has 8 heteroatoms. The van der Waals surface area contributed by atoms with E-state index in [1.54, 1.807) is 17.8 Å². The minimum Gasteiger partial charge on any atom is -0.477 e. The van der Waals surface area contributed by atoms with E-state index in [4.69, 9.17) is 15.0 Å². The summed E-state index contributed by atoms with van der Waals surface area (Å²) in [6, 6.07) is 12.4. The molecule has 0 unspecified atom stereocenters. The fraction of sp³-hybridized carbons (Fsp3) is 0.385. The van der Waals surface area contributed by atoms with E-state index in [9.17, 15) is 9.18 Å². The average molecular weight is 462 g/mol. The van der Waals surface area contributed by atoms with E-state index in [2.05, 4.69) is 16.5 Å². The van der Waals surface area contributed by atoms with Crippen LogP contribution in [-0.4, -0.2) is 33.7 Å². The van der Waals surface area contributed by atoms with E-state index in [0.717, 1.165) is 36.6 Å². The summed E-state index contributed by atoms with van der Waals surface area (Å²) in [5, 5.41) is 16.9. The van der Waals surface area contributed by atoms with Crippen LogP contribution in [0, 0.1) is 17.1 Å². The molecule has 0 bridgehead atoms. The standard InChI is InChI=1S/C26H28FN5O2/c1-17(33)12-21(19-5-6-20(16-28)24(27)14-19)13-23-15-25(32(2)31-23)34-11-9-22-8-7-18-4-3-10-29-26(18)30-22/h5-8,14-15,21H,3-4,9-13H2,1-2H3,(H,29,30)/t21-/m1/s1. The largest absolute Gasteiger partial charge is 0.477 e. The Hall–Kier alpha value is -3.73. The number of halogens is 1. The highest BCUT2D eigenvalue weighted by Crippen LogP contribution is 2.27. The lowest BCUT2D eigenvalue weighted by molar-refractivity contribution is -0.117. The van der Waals surface area contributed by atoms with E-state index >= 15 is 0 Å². The molecule has 1 N–H and O–H groups in total. The van der Waals surface area contributed by atoms with E-state index in [-0.39, 0.29) is 23.7 Å². The summed E-state index contributed by atoms with van der Waals surface area (Å²) in [7, 11) is 1.81. The smallest absolute Gasteiger partial charge is 0.211 e. The Morgan fingerprint density at radius 3 is 2.91 bits per heavy atom. The Morgan fingerprint density at radius 2 is 2.15 bits per heavy atom. The molecule has 34 heavy (non-hydrogen) atoms. The number of fused-ring (bicyclic) bond motifs is 1. The van der Waals surface area contributed by atoms with Gasteiger partial charge in [0.2, 0.25) is 5.88 Å². The van der Waals surface area contributed by atoms with Crippen LogP contribution >= 0.6 is 0 Å². The number of ether oxygens (including phenoxy) is 1. The number of benzene rings is 1. The Morgan fingerprint density at radius 1 is 1.29 bits per heavy atom. The van der Waals surface area contributed by atoms with Crippen molar-refractivity contribution in [3.63, 3.8) is 0 Å². The molecule has 3 heterocycles. The molecule has 7 nitrogen and oxygen atoms in total. The first-order valence-electron chi connectivity index (χ1n) is 11.5. The molecule has 0 spiro atoms. The molecule has 1 aliphatic rings. The van der Waals surface area contributed by atoms with Gasteiger partial charge in [0.05, 0.1) is 17.9 Å². The van der Waals surface area contributed by atoms with E-state index < -0.39 is 5.82 Å². The second-order valence-electron chi connectivity index (χ2n) is 8.69. The van der Waals surface area contributed by atoms with Gasteiger partial charge in [-0.05, 0) is 61.4 Å². The molecule has 0 radical (unpaired) electrons. The predicted molar refractivity (Wildman–Crippen MR) is 126 cm³/mol. The van der Waals surface area contributed by atoms with Crippen molar-refractivity contribution in [3.8, 4) is 11.9 Å². The molecule has 0 saturated carbocycles. The molecule has 1 atom stereocenters. The van der Waals surface area contributed by atoms with Crippen LogP contribution in [0.4, 0.5) is 10.2 Å². The van der Waals surface area contributed by atoms with Crippen LogP contribution < -0.4 is 10.1 Å². The normalized spacial score (nSPS) is 13.5. The van der Waals surface area contributed by atoms with Crippen molar-refractivity contribution < 1.29 is 13.9 Å². The lowest BCUT2D eigenvalue weighted by atomic mass is 9.89. The van der Waals surface area contributed by atoms with E-state index in [1.807, 2.05) is 18.2 Å². The van der Waals surface area contributed by atoms with Crippen LogP contribution in [-0.2, 0) is 31.1 Å². The summed E-state index contributed by atoms with van der Waals surface area (Å²) < 4.78 is 21.8. The van der Waals surface area contributed by atoms with Gasteiger partial charge in [0.1, 0.15) is 23.5 Å². The number of anilines is 1. The molecule has 0 saturated heterocycles. The number of nitrogens with one attached hydrogen (secondary N) is 1. The number of carbonyl (C=O) groups excluding carboxylic acids is 1. The van der Waals surface area contributed by atoms with Gasteiger partial charge in [-0.25, -0.2) is 14.1 Å². The highest BCUT2D eigenvalue weighted by molar-refractivity contribution is 5.76. The average Bonchev–Trinajstić information content (AvgIpc) is 3.17. The summed E-state index contributed by atoms with van der Waals surface area (Å²) in [6.07, 6.45) is 3.58. The van der Waals surface area contributed by atoms with Gasteiger partial charge in [0.25, 0.3) is 0 Å². The number of hydrogen-bond donors (Lipinski definition) is 1. The lowest BCUT2D eigenvalue weighted by Gasteiger charge is -2.17. The van der Waals surface area contributed by atoms with Crippen molar-refractivity contribution in [1.29, 1.82) is 5.26 Å². The zero-order valence-corrected chi connectivity index (χ0v) is 19.5. The van der Waals surface area contributed by atoms with Gasteiger partial charge in [-0.3, -0.25) is 0 Å². The third kappa shape index (κ3) is 5.60. The topological polar surface area (TPSA) is 92.8 Å². The van der Waals surface area contributed by atoms with Gasteiger partial charge in [-0.1, -0.05) is 12.1 Å². The molecule has 2 aromatic heterocycles. The van der Waals surface area contributed by atoms with Gasteiger partial charge in [-0.15, -0.1) is 0 Å². The van der Waals surface area contributed by atoms with Crippen LogP contribution in [0.1, 0.15) is 53.8 Å². The second-order valence-corrected chi connectivity index (χ2v) is 8.69. The second kappa shape index (κ2) is 10.5. The fourth-order valence-electron chi connectivity index (χ4n) is 4.29. The van der Waals surface area contributed by atoms with Crippen LogP contribution in [0.15, 0.2) is 36.4 Å². The third-order valence-electron chi connectivity index (χ3n) is 6.02. The van der Waals surface area contributed by atoms with Crippen LogP contribution in [0.2, 0.25) is 0 Å². The first kappa shape index (κ1) is 23.4. The predicted octanol–water partition coefficient (Wildman–Crippen LogP) is 4.11. The van der Waals surface area contributed by atoms with Crippen molar-refractivity contribution in [2.24, 2.45) is 7.05 Å². The Labute approximate surface area is 198 Å². The molecule has 3 aromatic rings. The zero-order valence-electron chi connectivity index (χ0n) is 19.5. The van der Waals surface area contributed by atoms with Crippen molar-refractivity contribution in [3.05, 3.63) is 70.3 Å². The quantitative estimate of drug-likeness (QED) is 0.516. The summed E-state index contributed by atoms with van der Waals surface area (Å²) in [5.74, 6) is 0.787. The Bertz CT molecular complexity index is 1230. The molecule has 176 valence electrons. The highest BCUT2D eigenvalue weighted by Gasteiger charge is 2.19. The Kier molecular flexibility index (Phi) is 7.21. The van der Waals surface area contributed by atoms with Crippen molar-refractivity contribution in [2.75, 3.05) is 18.5 Å². The number of nitriles is 1. The van der Waals surface area contributed by atoms with E-state index in [1.165, 1.54) is 24.6 Å². The minimum atomic E-state index is -0.579. The maximum atomic E-state index is 14.2. The van der Waals surface area contributed by atoms with Crippen molar-refractivity contribution in [2.45, 2.75) is 44.9 Å². The summed E-state index contributed by atoms with van der Waals surface area (Å²) in [5.41, 5.74) is 3.65. The van der Waals surface area contributed by atoms with Crippen molar-refractivity contribution in [1.82, 2.24) is 14.8 Å². The number of carbonyl (C=O) groups is 1. The van der Waals surface area contributed by atoms with Gasteiger partial charge >= 0.3 is 0 Å². The summed E-state index contributed by atoms with van der Waals surface area (Å²) in [4.78, 5) is 16.6.